The summed E-state index contributed by atoms with van der Waals surface area (Å²) in [6, 6.07) is 0. The van der Waals surface area contributed by atoms with E-state index in [-0.39, 0.29) is 0 Å². The van der Waals surface area contributed by atoms with Gasteiger partial charge < -0.3 is 4.48 Å². The Morgan fingerprint density at radius 3 is 1.33 bits per heavy atom. The first-order chi connectivity index (χ1) is 5.46. The second kappa shape index (κ2) is 3.00. The minimum absolute atomic E-state index is 0.581. The van der Waals surface area contributed by atoms with Gasteiger partial charge in [0.05, 0.1) is 0 Å². The highest BCUT2D eigenvalue weighted by atomic mass is 14.9. The number of hydrogen-bond donors (Lipinski definition) is 0. The lowest BCUT2D eigenvalue weighted by molar-refractivity contribution is 1.04. The van der Waals surface area contributed by atoms with E-state index in [0.29, 0.717) is 6.85 Å². The summed E-state index contributed by atoms with van der Waals surface area (Å²) in [6.45, 7) is 13.9. The van der Waals surface area contributed by atoms with Gasteiger partial charge in [-0.2, -0.15) is 0 Å². The Bertz CT molecular complexity index is 272. The molecule has 0 fully saturated rings. The molecule has 0 radical (unpaired) electrons. The monoisotopic (exact) mass is 163 g/mol. The summed E-state index contributed by atoms with van der Waals surface area (Å²) in [5.74, 6) is 0. The van der Waals surface area contributed by atoms with Crippen molar-refractivity contribution in [1.29, 1.82) is 0 Å². The summed E-state index contributed by atoms with van der Waals surface area (Å²) in [7, 11) is 0. The van der Waals surface area contributed by atoms with Gasteiger partial charge in [-0.15, -0.1) is 0 Å². The van der Waals surface area contributed by atoms with E-state index < -0.39 is 0 Å². The van der Waals surface area contributed by atoms with Gasteiger partial charge >= 0.3 is 0 Å². The fraction of sp³-hybridized carbons (Fsp3) is 0.600. The Labute approximate surface area is 75.9 Å². The Balaban J connectivity index is 3.38. The lowest BCUT2D eigenvalue weighted by Crippen LogP contribution is -2.18. The van der Waals surface area contributed by atoms with Crippen molar-refractivity contribution in [3.8, 4) is 0 Å². The fourth-order valence-corrected chi connectivity index (χ4v) is 1.93. The van der Waals surface area contributed by atoms with E-state index in [1.54, 1.807) is 0 Å². The molecule has 0 aliphatic heterocycles. The molecule has 0 saturated carbocycles. The van der Waals surface area contributed by atoms with Gasteiger partial charge in [-0.05, 0) is 38.8 Å². The molecule has 1 rings (SSSR count). The van der Waals surface area contributed by atoms with E-state index in [9.17, 15) is 0 Å². The Morgan fingerprint density at radius 1 is 0.833 bits per heavy atom. The van der Waals surface area contributed by atoms with Crippen molar-refractivity contribution in [2.24, 2.45) is 0 Å². The van der Waals surface area contributed by atoms with Crippen molar-refractivity contribution in [3.05, 3.63) is 22.5 Å². The van der Waals surface area contributed by atoms with E-state index in [4.69, 9.17) is 0 Å². The molecule has 1 aromatic heterocycles. The molecule has 0 unspecified atom stereocenters. The van der Waals surface area contributed by atoms with E-state index in [1.165, 1.54) is 22.5 Å². The second-order valence-corrected chi connectivity index (χ2v) is 3.88. The quantitative estimate of drug-likeness (QED) is 0.561. The molecule has 0 atom stereocenters. The fourth-order valence-electron chi connectivity index (χ4n) is 1.93. The summed E-state index contributed by atoms with van der Waals surface area (Å²) in [4.78, 5) is 0. The summed E-state index contributed by atoms with van der Waals surface area (Å²) < 4.78 is 2.41. The molecule has 2 heteroatoms. The Morgan fingerprint density at radius 2 is 1.17 bits per heavy atom. The van der Waals surface area contributed by atoms with Crippen LogP contribution in [-0.2, 0) is 0 Å². The molecule has 0 amide bonds. The molecule has 0 N–H and O–H groups in total. The molecular formula is C10H18BN. The number of rotatable bonds is 1. The molecule has 0 saturated heterocycles. The number of aromatic nitrogens is 1. The zero-order chi connectivity index (χ0) is 9.46. The van der Waals surface area contributed by atoms with E-state index >= 15 is 0 Å². The average Bonchev–Trinajstić information content (AvgIpc) is 2.16. The normalized spacial score (nSPS) is 10.5. The van der Waals surface area contributed by atoms with Crippen LogP contribution in [0.1, 0.15) is 22.5 Å². The maximum atomic E-state index is 2.41. The van der Waals surface area contributed by atoms with Crippen LogP contribution in [0.25, 0.3) is 0 Å². The first kappa shape index (κ1) is 9.43. The van der Waals surface area contributed by atoms with Crippen LogP contribution in [0.3, 0.4) is 0 Å². The van der Waals surface area contributed by atoms with Crippen molar-refractivity contribution in [2.45, 2.75) is 41.3 Å². The second-order valence-electron chi connectivity index (χ2n) is 3.88. The molecule has 1 nitrogen and oxygen atoms in total. The molecular weight excluding hydrogens is 145 g/mol. The summed E-state index contributed by atoms with van der Waals surface area (Å²) in [6.07, 6.45) is 0. The maximum absolute atomic E-state index is 2.41. The van der Waals surface area contributed by atoms with Crippen LogP contribution < -0.4 is 0 Å². The highest BCUT2D eigenvalue weighted by molar-refractivity contribution is 6.54. The predicted molar refractivity (Wildman–Crippen MR) is 56.3 cm³/mol. The average molecular weight is 163 g/mol. The van der Waals surface area contributed by atoms with Gasteiger partial charge in [0.15, 0.2) is 0 Å². The SMILES string of the molecule is CB(C)n1c(C)c(C)c(C)c1C. The van der Waals surface area contributed by atoms with Gasteiger partial charge in [-0.25, -0.2) is 0 Å². The van der Waals surface area contributed by atoms with Gasteiger partial charge in [0, 0.05) is 11.4 Å². The molecule has 1 aromatic rings. The minimum atomic E-state index is 0.581. The van der Waals surface area contributed by atoms with Crippen LogP contribution in [0.15, 0.2) is 0 Å². The van der Waals surface area contributed by atoms with E-state index in [0.717, 1.165) is 0 Å². The van der Waals surface area contributed by atoms with Crippen LogP contribution in [0.2, 0.25) is 13.6 Å². The van der Waals surface area contributed by atoms with Crippen molar-refractivity contribution in [3.63, 3.8) is 0 Å². The molecule has 66 valence electrons. The zero-order valence-corrected chi connectivity index (χ0v) is 9.02. The maximum Gasteiger partial charge on any atom is 0.253 e. The van der Waals surface area contributed by atoms with Gasteiger partial charge in [-0.3, -0.25) is 0 Å². The molecule has 1 heterocycles. The van der Waals surface area contributed by atoms with Crippen molar-refractivity contribution >= 4 is 6.85 Å². The highest BCUT2D eigenvalue weighted by Gasteiger charge is 2.14. The van der Waals surface area contributed by atoms with E-state index in [1.807, 2.05) is 0 Å². The third-order valence-corrected chi connectivity index (χ3v) is 2.89. The molecule has 0 aromatic carbocycles. The van der Waals surface area contributed by atoms with E-state index in [2.05, 4.69) is 45.8 Å². The zero-order valence-electron chi connectivity index (χ0n) is 9.02. The van der Waals surface area contributed by atoms with Gasteiger partial charge in [0.1, 0.15) is 0 Å². The number of nitrogens with zero attached hydrogens (tertiary/aromatic N) is 1. The Kier molecular flexibility index (Phi) is 2.36. The van der Waals surface area contributed by atoms with Gasteiger partial charge in [-0.1, -0.05) is 13.6 Å². The molecule has 0 aliphatic rings. The van der Waals surface area contributed by atoms with Crippen LogP contribution in [0, 0.1) is 27.7 Å². The summed E-state index contributed by atoms with van der Waals surface area (Å²) in [5.41, 5.74) is 5.72. The molecule has 0 bridgehead atoms. The summed E-state index contributed by atoms with van der Waals surface area (Å²) in [5, 5.41) is 0. The van der Waals surface area contributed by atoms with Crippen LogP contribution in [0.5, 0.6) is 0 Å². The minimum Gasteiger partial charge on any atom is -0.394 e. The van der Waals surface area contributed by atoms with Crippen molar-refractivity contribution in [1.82, 2.24) is 4.48 Å². The van der Waals surface area contributed by atoms with Crippen molar-refractivity contribution in [2.75, 3.05) is 0 Å². The summed E-state index contributed by atoms with van der Waals surface area (Å²) >= 11 is 0. The molecule has 12 heavy (non-hydrogen) atoms. The predicted octanol–water partition coefficient (Wildman–Crippen LogP) is 2.82. The van der Waals surface area contributed by atoms with Crippen LogP contribution >= 0.6 is 0 Å². The highest BCUT2D eigenvalue weighted by Crippen LogP contribution is 2.20. The first-order valence-electron chi connectivity index (χ1n) is 4.61. The molecule has 0 aliphatic carbocycles. The smallest absolute Gasteiger partial charge is 0.253 e. The molecule has 0 spiro atoms. The Hall–Kier alpha value is -0.655. The third kappa shape index (κ3) is 1.19. The lowest BCUT2D eigenvalue weighted by atomic mass is 9.67. The van der Waals surface area contributed by atoms with Gasteiger partial charge in [0.25, 0.3) is 6.85 Å². The standard InChI is InChI=1S/C10H18BN/c1-7-8(2)10(4)12(9(7)3)11(5)6/h1-6H3. The van der Waals surface area contributed by atoms with Gasteiger partial charge in [0.2, 0.25) is 0 Å². The van der Waals surface area contributed by atoms with Crippen LogP contribution in [0.4, 0.5) is 0 Å². The lowest BCUT2D eigenvalue weighted by Gasteiger charge is -2.10. The first-order valence-corrected chi connectivity index (χ1v) is 4.61. The van der Waals surface area contributed by atoms with Crippen molar-refractivity contribution < 1.29 is 0 Å². The topological polar surface area (TPSA) is 4.93 Å². The van der Waals surface area contributed by atoms with Crippen LogP contribution in [-0.4, -0.2) is 11.3 Å². The third-order valence-electron chi connectivity index (χ3n) is 2.89. The number of hydrogen-bond acceptors (Lipinski definition) is 0. The largest absolute Gasteiger partial charge is 0.394 e.